The monoisotopic (exact) mass is 320 g/mol. The molecule has 0 unspecified atom stereocenters. The Morgan fingerprint density at radius 1 is 0.773 bits per heavy atom. The van der Waals surface area contributed by atoms with Crippen LogP contribution in [0.3, 0.4) is 0 Å². The number of rotatable bonds is 8. The van der Waals surface area contributed by atoms with Gasteiger partial charge in [0.1, 0.15) is 0 Å². The maximum absolute atomic E-state index is 11.2. The fraction of sp³-hybridized carbons (Fsp3) is 0.333. The number of benzene rings is 2. The molecule has 2 rings (SSSR count). The third-order valence-electron chi connectivity index (χ3n) is 3.78. The van der Waals surface area contributed by atoms with Crippen LogP contribution >= 0.6 is 7.28 Å². The van der Waals surface area contributed by atoms with E-state index in [4.69, 9.17) is 4.52 Å². The van der Waals surface area contributed by atoms with Crippen molar-refractivity contribution in [2.24, 2.45) is 0 Å². The van der Waals surface area contributed by atoms with Crippen LogP contribution in [0.15, 0.2) is 60.7 Å². The summed E-state index contributed by atoms with van der Waals surface area (Å²) in [7, 11) is -4.55. The first-order valence-electron chi connectivity index (χ1n) is 7.85. The van der Waals surface area contributed by atoms with Gasteiger partial charge in [-0.15, -0.1) is 0 Å². The summed E-state index contributed by atoms with van der Waals surface area (Å²) < 4.78 is 5.78. The van der Waals surface area contributed by atoms with Gasteiger partial charge in [0.05, 0.1) is 0 Å². The Kier molecular flexibility index (Phi) is 5.71. The van der Waals surface area contributed by atoms with Crippen LogP contribution in [0.4, 0.5) is 0 Å². The molecule has 0 heterocycles. The molecule has 4 heteroatoms. The summed E-state index contributed by atoms with van der Waals surface area (Å²) in [5.41, 5.74) is 0. The molecule has 2 aromatic carbocycles. The molecule has 0 radical (unpaired) electrons. The molecule has 0 saturated carbocycles. The van der Waals surface area contributed by atoms with E-state index < -0.39 is 7.28 Å². The topological polar surface area (TPSA) is 49.7 Å². The van der Waals surface area contributed by atoms with Gasteiger partial charge >= 0.3 is 132 Å². The molecule has 0 aromatic heterocycles. The summed E-state index contributed by atoms with van der Waals surface area (Å²) in [6.07, 6.45) is 4.13. The quantitative estimate of drug-likeness (QED) is 0.578. The fourth-order valence-electron chi connectivity index (χ4n) is 2.46. The van der Waals surface area contributed by atoms with Gasteiger partial charge in [-0.05, 0) is 0 Å². The molecule has 2 N–H and O–H groups in total. The Bertz CT molecular complexity index is 526. The molecule has 0 fully saturated rings. The Balaban J connectivity index is 2.29. The SMILES string of the molecule is CCCCCCOP(O)(O)(c1ccccc1)c1ccccc1. The molecule has 0 aliphatic heterocycles. The van der Waals surface area contributed by atoms with Crippen LogP contribution in [0.5, 0.6) is 0 Å². The standard InChI is InChI=1S/C18H25O3P/c1-2-3-4-11-16-21-22(19,20,17-12-7-5-8-13-17)18-14-9-6-10-15-18/h5-10,12-15,19-20H,2-4,11,16H2,1H3. The second kappa shape index (κ2) is 7.34. The average Bonchev–Trinajstić information content (AvgIpc) is 2.57. The third kappa shape index (κ3) is 3.74. The van der Waals surface area contributed by atoms with Crippen LogP contribution in [0.25, 0.3) is 0 Å². The Hall–Kier alpha value is -1.25. The Morgan fingerprint density at radius 2 is 1.27 bits per heavy atom. The normalized spacial score (nSPS) is 13.5. The van der Waals surface area contributed by atoms with E-state index in [-0.39, 0.29) is 0 Å². The van der Waals surface area contributed by atoms with Gasteiger partial charge in [0.2, 0.25) is 0 Å². The van der Waals surface area contributed by atoms with Crippen molar-refractivity contribution >= 4 is 17.9 Å². The van der Waals surface area contributed by atoms with Gasteiger partial charge in [0, 0.05) is 0 Å². The van der Waals surface area contributed by atoms with Crippen molar-refractivity contribution < 1.29 is 14.3 Å². The molecule has 0 amide bonds. The van der Waals surface area contributed by atoms with E-state index in [1.54, 1.807) is 48.5 Å². The van der Waals surface area contributed by atoms with Crippen molar-refractivity contribution in [1.82, 2.24) is 0 Å². The second-order valence-corrected chi connectivity index (χ2v) is 8.70. The first kappa shape index (κ1) is 17.1. The molecule has 0 saturated heterocycles. The van der Waals surface area contributed by atoms with E-state index in [1.807, 2.05) is 12.1 Å². The molecule has 0 atom stereocenters. The first-order valence-corrected chi connectivity index (χ1v) is 9.91. The van der Waals surface area contributed by atoms with Crippen molar-refractivity contribution in [2.45, 2.75) is 32.6 Å². The van der Waals surface area contributed by atoms with Crippen LogP contribution < -0.4 is 10.6 Å². The summed E-state index contributed by atoms with van der Waals surface area (Å²) in [4.78, 5) is 22.5. The van der Waals surface area contributed by atoms with Gasteiger partial charge in [0.15, 0.2) is 0 Å². The molecule has 0 spiro atoms. The minimum absolute atomic E-state index is 0.342. The summed E-state index contributed by atoms with van der Waals surface area (Å²) in [5.74, 6) is 0. The zero-order valence-corrected chi connectivity index (χ0v) is 14.0. The zero-order chi connectivity index (χ0) is 15.9. The summed E-state index contributed by atoms with van der Waals surface area (Å²) in [5, 5.41) is 0.880. The molecule has 0 aliphatic rings. The van der Waals surface area contributed by atoms with Crippen LogP contribution in [-0.2, 0) is 4.52 Å². The van der Waals surface area contributed by atoms with Crippen LogP contribution in [-0.4, -0.2) is 16.4 Å². The van der Waals surface area contributed by atoms with E-state index in [1.165, 1.54) is 0 Å². The van der Waals surface area contributed by atoms with Crippen molar-refractivity contribution in [1.29, 1.82) is 0 Å². The second-order valence-electron chi connectivity index (χ2n) is 5.51. The predicted octanol–water partition coefficient (Wildman–Crippen LogP) is 3.52. The zero-order valence-electron chi connectivity index (χ0n) is 13.1. The van der Waals surface area contributed by atoms with Crippen molar-refractivity contribution in [3.8, 4) is 0 Å². The van der Waals surface area contributed by atoms with Crippen LogP contribution in [0, 0.1) is 0 Å². The molecular weight excluding hydrogens is 295 g/mol. The van der Waals surface area contributed by atoms with Crippen LogP contribution in [0.1, 0.15) is 32.6 Å². The molecule has 22 heavy (non-hydrogen) atoms. The fourth-order valence-corrected chi connectivity index (χ4v) is 4.95. The van der Waals surface area contributed by atoms with Crippen LogP contribution in [0.2, 0.25) is 0 Å². The predicted molar refractivity (Wildman–Crippen MR) is 93.6 cm³/mol. The molecule has 2 aromatic rings. The molecule has 120 valence electrons. The number of hydrogen-bond donors (Lipinski definition) is 2. The Morgan fingerprint density at radius 3 is 1.73 bits per heavy atom. The van der Waals surface area contributed by atoms with Crippen molar-refractivity contribution in [2.75, 3.05) is 6.61 Å². The first-order chi connectivity index (χ1) is 10.6. The van der Waals surface area contributed by atoms with Crippen molar-refractivity contribution in [3.63, 3.8) is 0 Å². The van der Waals surface area contributed by atoms with E-state index in [0.29, 0.717) is 17.2 Å². The van der Waals surface area contributed by atoms with E-state index in [2.05, 4.69) is 6.92 Å². The molecule has 3 nitrogen and oxygen atoms in total. The van der Waals surface area contributed by atoms with Gasteiger partial charge in [-0.1, -0.05) is 0 Å². The number of unbranched alkanes of at least 4 members (excludes halogenated alkanes) is 3. The van der Waals surface area contributed by atoms with Crippen molar-refractivity contribution in [3.05, 3.63) is 60.7 Å². The van der Waals surface area contributed by atoms with Gasteiger partial charge in [-0.25, -0.2) is 0 Å². The third-order valence-corrected chi connectivity index (χ3v) is 6.91. The van der Waals surface area contributed by atoms with E-state index in [0.717, 1.165) is 25.7 Å². The molecule has 0 bridgehead atoms. The summed E-state index contributed by atoms with van der Waals surface area (Å²) in [6, 6.07) is 17.8. The van der Waals surface area contributed by atoms with Gasteiger partial charge in [-0.2, -0.15) is 0 Å². The molecule has 0 aliphatic carbocycles. The number of hydrogen-bond acceptors (Lipinski definition) is 3. The summed E-state index contributed by atoms with van der Waals surface area (Å²) >= 11 is 0. The van der Waals surface area contributed by atoms with E-state index in [9.17, 15) is 9.79 Å². The van der Waals surface area contributed by atoms with Gasteiger partial charge < -0.3 is 0 Å². The van der Waals surface area contributed by atoms with Gasteiger partial charge in [0.25, 0.3) is 0 Å². The molecular formula is C18H25O3P. The average molecular weight is 320 g/mol. The maximum atomic E-state index is 11.2. The van der Waals surface area contributed by atoms with Gasteiger partial charge in [-0.3, -0.25) is 0 Å². The Labute approximate surface area is 132 Å². The minimum atomic E-state index is -4.55. The van der Waals surface area contributed by atoms with E-state index >= 15 is 0 Å². The summed E-state index contributed by atoms with van der Waals surface area (Å²) in [6.45, 7) is 2.49.